The van der Waals surface area contributed by atoms with Crippen molar-refractivity contribution in [2.45, 2.75) is 13.5 Å². The summed E-state index contributed by atoms with van der Waals surface area (Å²) in [5.74, 6) is 5.11. The van der Waals surface area contributed by atoms with Crippen molar-refractivity contribution in [3.63, 3.8) is 0 Å². The van der Waals surface area contributed by atoms with Gasteiger partial charge >= 0.3 is 0 Å². The van der Waals surface area contributed by atoms with Crippen LogP contribution < -0.4 is 5.73 Å². The summed E-state index contributed by atoms with van der Waals surface area (Å²) in [5, 5.41) is 0. The Labute approximate surface area is 96.3 Å². The Bertz CT molecular complexity index is 404. The second-order valence-electron chi connectivity index (χ2n) is 3.65. The smallest absolute Gasteiger partial charge is 0.138 e. The van der Waals surface area contributed by atoms with Crippen LogP contribution in [-0.4, -0.2) is 25.0 Å². The quantitative estimate of drug-likeness (QED) is 0.784. The van der Waals surface area contributed by atoms with Gasteiger partial charge in [0.2, 0.25) is 0 Å². The summed E-state index contributed by atoms with van der Waals surface area (Å²) >= 11 is 0. The highest BCUT2D eigenvalue weighted by molar-refractivity contribution is 5.38. The molecule has 0 heterocycles. The van der Waals surface area contributed by atoms with Crippen LogP contribution in [0.2, 0.25) is 0 Å². The summed E-state index contributed by atoms with van der Waals surface area (Å²) < 4.78 is 13.4. The lowest BCUT2D eigenvalue weighted by atomic mass is 10.1. The van der Waals surface area contributed by atoms with E-state index in [-0.39, 0.29) is 12.4 Å². The topological polar surface area (TPSA) is 29.3 Å². The van der Waals surface area contributed by atoms with Gasteiger partial charge < -0.3 is 10.6 Å². The summed E-state index contributed by atoms with van der Waals surface area (Å²) in [6.07, 6.45) is 0. The van der Waals surface area contributed by atoms with Crippen LogP contribution in [0.3, 0.4) is 0 Å². The van der Waals surface area contributed by atoms with Crippen molar-refractivity contribution in [2.24, 2.45) is 5.73 Å². The lowest BCUT2D eigenvalue weighted by molar-refractivity contribution is 0.345. The number of hydrogen-bond acceptors (Lipinski definition) is 2. The number of halogens is 1. The van der Waals surface area contributed by atoms with Crippen molar-refractivity contribution >= 4 is 0 Å². The molecule has 1 rings (SSSR count). The second-order valence-corrected chi connectivity index (χ2v) is 3.65. The Morgan fingerprint density at radius 3 is 2.81 bits per heavy atom. The molecule has 1 aromatic carbocycles. The molecule has 0 atom stereocenters. The lowest BCUT2D eigenvalue weighted by Crippen LogP contribution is -2.16. The average molecular weight is 220 g/mol. The molecule has 86 valence electrons. The van der Waals surface area contributed by atoms with Gasteiger partial charge in [0.05, 0.1) is 12.1 Å². The van der Waals surface area contributed by atoms with Crippen LogP contribution in [0.1, 0.15) is 18.1 Å². The van der Waals surface area contributed by atoms with Crippen LogP contribution >= 0.6 is 0 Å². The molecule has 0 aliphatic rings. The van der Waals surface area contributed by atoms with E-state index >= 15 is 0 Å². The van der Waals surface area contributed by atoms with E-state index in [1.807, 2.05) is 7.05 Å². The van der Waals surface area contributed by atoms with E-state index < -0.39 is 0 Å². The van der Waals surface area contributed by atoms with E-state index in [1.165, 1.54) is 6.07 Å². The molecule has 2 nitrogen and oxygen atoms in total. The molecule has 0 bridgehead atoms. The standard InChI is InChI=1S/C13H17FN2/c1-3-16(2)10-11-6-7-13(14)12(9-11)5-4-8-15/h6-7,9H,3,8,10,15H2,1-2H3. The van der Waals surface area contributed by atoms with Crippen LogP contribution in [0.5, 0.6) is 0 Å². The summed E-state index contributed by atoms with van der Waals surface area (Å²) in [4.78, 5) is 2.15. The van der Waals surface area contributed by atoms with Crippen molar-refractivity contribution in [2.75, 3.05) is 20.1 Å². The normalized spacial score (nSPS) is 10.1. The molecule has 0 unspecified atom stereocenters. The number of nitrogens with zero attached hydrogens (tertiary/aromatic N) is 1. The van der Waals surface area contributed by atoms with E-state index in [2.05, 4.69) is 23.7 Å². The number of nitrogens with two attached hydrogens (primary N) is 1. The van der Waals surface area contributed by atoms with Crippen LogP contribution in [0.4, 0.5) is 4.39 Å². The molecular weight excluding hydrogens is 203 g/mol. The fourth-order valence-electron chi connectivity index (χ4n) is 1.34. The van der Waals surface area contributed by atoms with E-state index in [1.54, 1.807) is 12.1 Å². The van der Waals surface area contributed by atoms with Gasteiger partial charge in [-0.1, -0.05) is 24.8 Å². The van der Waals surface area contributed by atoms with Crippen molar-refractivity contribution in [3.05, 3.63) is 35.1 Å². The van der Waals surface area contributed by atoms with Gasteiger partial charge in [0.1, 0.15) is 5.82 Å². The molecule has 0 amide bonds. The largest absolute Gasteiger partial charge is 0.320 e. The Hall–Kier alpha value is -1.37. The molecule has 0 radical (unpaired) electrons. The van der Waals surface area contributed by atoms with Gasteiger partial charge in [-0.05, 0) is 31.3 Å². The summed E-state index contributed by atoms with van der Waals surface area (Å²) in [6.45, 7) is 4.09. The first-order valence-electron chi connectivity index (χ1n) is 5.33. The highest BCUT2D eigenvalue weighted by atomic mass is 19.1. The maximum absolute atomic E-state index is 13.4. The lowest BCUT2D eigenvalue weighted by Gasteiger charge is -2.13. The number of benzene rings is 1. The van der Waals surface area contributed by atoms with Crippen LogP contribution in [0, 0.1) is 17.7 Å². The summed E-state index contributed by atoms with van der Waals surface area (Å²) in [5.41, 5.74) is 6.75. The predicted molar refractivity (Wildman–Crippen MR) is 64.3 cm³/mol. The highest BCUT2D eigenvalue weighted by Crippen LogP contribution is 2.11. The molecule has 0 saturated heterocycles. The molecule has 0 aromatic heterocycles. The van der Waals surface area contributed by atoms with Gasteiger partial charge in [0, 0.05) is 6.54 Å². The molecular formula is C13H17FN2. The van der Waals surface area contributed by atoms with Gasteiger partial charge in [-0.3, -0.25) is 0 Å². The SMILES string of the molecule is CCN(C)Cc1ccc(F)c(C#CCN)c1. The average Bonchev–Trinajstić information content (AvgIpc) is 2.29. The Morgan fingerprint density at radius 1 is 1.44 bits per heavy atom. The Morgan fingerprint density at radius 2 is 2.19 bits per heavy atom. The van der Waals surface area contributed by atoms with Gasteiger partial charge in [0.25, 0.3) is 0 Å². The first-order valence-corrected chi connectivity index (χ1v) is 5.33. The van der Waals surface area contributed by atoms with Crippen LogP contribution in [0.25, 0.3) is 0 Å². The molecule has 0 spiro atoms. The molecule has 16 heavy (non-hydrogen) atoms. The minimum absolute atomic E-state index is 0.249. The molecule has 0 aliphatic heterocycles. The predicted octanol–water partition coefficient (Wildman–Crippen LogP) is 1.59. The van der Waals surface area contributed by atoms with E-state index in [0.29, 0.717) is 5.56 Å². The first kappa shape index (κ1) is 12.7. The van der Waals surface area contributed by atoms with E-state index in [0.717, 1.165) is 18.7 Å². The van der Waals surface area contributed by atoms with Gasteiger partial charge in [-0.25, -0.2) is 4.39 Å². The van der Waals surface area contributed by atoms with Crippen molar-refractivity contribution in [1.29, 1.82) is 0 Å². The molecule has 3 heteroatoms. The third kappa shape index (κ3) is 3.65. The molecule has 0 saturated carbocycles. The summed E-state index contributed by atoms with van der Waals surface area (Å²) in [7, 11) is 2.02. The number of rotatable bonds is 3. The van der Waals surface area contributed by atoms with Gasteiger partial charge in [-0.2, -0.15) is 0 Å². The molecule has 0 fully saturated rings. The maximum Gasteiger partial charge on any atom is 0.138 e. The van der Waals surface area contributed by atoms with E-state index in [4.69, 9.17) is 5.73 Å². The molecule has 0 aliphatic carbocycles. The third-order valence-corrected chi connectivity index (χ3v) is 2.35. The third-order valence-electron chi connectivity index (χ3n) is 2.35. The minimum Gasteiger partial charge on any atom is -0.320 e. The Balaban J connectivity index is 2.89. The van der Waals surface area contributed by atoms with Crippen molar-refractivity contribution < 1.29 is 4.39 Å². The Kier molecular flexibility index (Phi) is 4.97. The van der Waals surface area contributed by atoms with Crippen molar-refractivity contribution in [3.8, 4) is 11.8 Å². The highest BCUT2D eigenvalue weighted by Gasteiger charge is 2.02. The maximum atomic E-state index is 13.4. The van der Waals surface area contributed by atoms with Crippen LogP contribution in [0.15, 0.2) is 18.2 Å². The zero-order valence-corrected chi connectivity index (χ0v) is 9.76. The first-order chi connectivity index (χ1) is 7.67. The van der Waals surface area contributed by atoms with Crippen molar-refractivity contribution in [1.82, 2.24) is 4.90 Å². The molecule has 2 N–H and O–H groups in total. The van der Waals surface area contributed by atoms with E-state index in [9.17, 15) is 4.39 Å². The zero-order chi connectivity index (χ0) is 12.0. The summed E-state index contributed by atoms with van der Waals surface area (Å²) in [6, 6.07) is 5.03. The second kappa shape index (κ2) is 6.26. The zero-order valence-electron chi connectivity index (χ0n) is 9.76. The minimum atomic E-state index is -0.288. The number of hydrogen-bond donors (Lipinski definition) is 1. The fourth-order valence-corrected chi connectivity index (χ4v) is 1.34. The van der Waals surface area contributed by atoms with Crippen LogP contribution in [-0.2, 0) is 6.54 Å². The molecule has 1 aromatic rings. The monoisotopic (exact) mass is 220 g/mol. The van der Waals surface area contributed by atoms with Gasteiger partial charge in [0.15, 0.2) is 0 Å². The van der Waals surface area contributed by atoms with Gasteiger partial charge in [-0.15, -0.1) is 0 Å². The fraction of sp³-hybridized carbons (Fsp3) is 0.385.